The summed E-state index contributed by atoms with van der Waals surface area (Å²) in [6.45, 7) is 0.421. The van der Waals surface area contributed by atoms with Gasteiger partial charge in [-0.15, -0.1) is 16.5 Å². The summed E-state index contributed by atoms with van der Waals surface area (Å²) in [5.74, 6) is -0.336. The van der Waals surface area contributed by atoms with Crippen LogP contribution in [0.25, 0.3) is 21.3 Å². The molecule has 2 aromatic carbocycles. The summed E-state index contributed by atoms with van der Waals surface area (Å²) >= 11 is 1.45. The lowest BCUT2D eigenvalue weighted by molar-refractivity contribution is 0.582. The number of rotatable bonds is 8. The molecule has 14 heteroatoms. The molecule has 0 aliphatic carbocycles. The first-order valence-electron chi connectivity index (χ1n) is 9.80. The Balaban J connectivity index is 2.04. The highest BCUT2D eigenvalue weighted by Crippen LogP contribution is 2.37. The van der Waals surface area contributed by atoms with Crippen LogP contribution in [-0.2, 0) is 26.4 Å². The molecule has 0 saturated heterocycles. The zero-order valence-electron chi connectivity index (χ0n) is 17.3. The number of aliphatic imine (C=N–C) groups is 1. The zero-order chi connectivity index (χ0) is 23.8. The van der Waals surface area contributed by atoms with Gasteiger partial charge in [-0.1, -0.05) is 12.1 Å². The van der Waals surface area contributed by atoms with Gasteiger partial charge in [0.15, 0.2) is 22.3 Å². The minimum atomic E-state index is -4.51. The highest BCUT2D eigenvalue weighted by Gasteiger charge is 2.32. The van der Waals surface area contributed by atoms with Crippen molar-refractivity contribution in [2.75, 3.05) is 19.0 Å². The average molecular weight is 508 g/mol. The molecule has 0 radical (unpaired) electrons. The van der Waals surface area contributed by atoms with E-state index in [2.05, 4.69) is 20.2 Å². The standard InChI is InChI=1S/C19H21N7O4S3/c20-6-1-7-32(27,28)15-5-3-12(11-2-4-14-13(8-11)25-16(9-21)31-14)17(18(15)33(22,29)30)19-23-10-24-26-19/h2-5,8H,1,6-7,9-10,20-21H2,(H2,22,29,30). The van der Waals surface area contributed by atoms with Crippen LogP contribution in [0.5, 0.6) is 0 Å². The molecule has 1 aliphatic heterocycles. The van der Waals surface area contributed by atoms with E-state index in [0.29, 0.717) is 23.2 Å². The van der Waals surface area contributed by atoms with Gasteiger partial charge >= 0.3 is 0 Å². The highest BCUT2D eigenvalue weighted by atomic mass is 32.2. The molecule has 0 unspecified atom stereocenters. The number of sulfone groups is 1. The minimum absolute atomic E-state index is 0.00599. The molecular weight excluding hydrogens is 486 g/mol. The number of fused-ring (bicyclic) bond motifs is 1. The maximum atomic E-state index is 13.0. The topological polar surface area (TPSA) is 196 Å². The Morgan fingerprint density at radius 1 is 1.06 bits per heavy atom. The normalized spacial score (nSPS) is 14.2. The zero-order valence-corrected chi connectivity index (χ0v) is 19.8. The number of thiazole rings is 1. The largest absolute Gasteiger partial charge is 0.330 e. The molecule has 174 valence electrons. The van der Waals surface area contributed by atoms with Crippen molar-refractivity contribution in [3.05, 3.63) is 40.9 Å². The maximum absolute atomic E-state index is 13.0. The molecule has 1 aromatic heterocycles. The van der Waals surface area contributed by atoms with Crippen LogP contribution in [0.15, 0.2) is 55.3 Å². The third kappa shape index (κ3) is 4.58. The molecule has 0 amide bonds. The van der Waals surface area contributed by atoms with Crippen molar-refractivity contribution >= 4 is 47.2 Å². The molecule has 0 spiro atoms. The predicted molar refractivity (Wildman–Crippen MR) is 126 cm³/mol. The molecule has 1 aliphatic rings. The Labute approximate surface area is 194 Å². The van der Waals surface area contributed by atoms with Gasteiger partial charge in [0, 0.05) is 12.1 Å². The fourth-order valence-electron chi connectivity index (χ4n) is 3.52. The second-order valence-corrected chi connectivity index (χ2v) is 11.9. The molecule has 0 atom stereocenters. The first kappa shape index (κ1) is 23.5. The number of azo groups is 1. The van der Waals surface area contributed by atoms with Crippen LogP contribution >= 0.6 is 11.3 Å². The van der Waals surface area contributed by atoms with Gasteiger partial charge in [-0.05, 0) is 42.3 Å². The molecular formula is C19H21N7O4S3. The fourth-order valence-corrected chi connectivity index (χ4v) is 7.34. The summed E-state index contributed by atoms with van der Waals surface area (Å²) in [6, 6.07) is 8.15. The maximum Gasteiger partial charge on any atom is 0.240 e. The summed E-state index contributed by atoms with van der Waals surface area (Å²) < 4.78 is 52.4. The average Bonchev–Trinajstić information content (AvgIpc) is 3.45. The van der Waals surface area contributed by atoms with Gasteiger partial charge in [0.05, 0.1) is 20.9 Å². The Bertz CT molecular complexity index is 1510. The van der Waals surface area contributed by atoms with Crippen LogP contribution in [-0.4, -0.2) is 46.6 Å². The summed E-state index contributed by atoms with van der Waals surface area (Å²) in [5, 5.41) is 14.0. The van der Waals surface area contributed by atoms with Gasteiger partial charge in [0.2, 0.25) is 10.0 Å². The number of amidine groups is 1. The summed E-state index contributed by atoms with van der Waals surface area (Å²) in [7, 11) is -8.52. The SMILES string of the molecule is NCCCS(=O)(=O)c1ccc(-c2ccc3sc(CN)nc3c2)c(C2=NCN=N2)c1S(N)(=O)=O. The first-order valence-corrected chi connectivity index (χ1v) is 13.8. The van der Waals surface area contributed by atoms with Crippen molar-refractivity contribution in [1.29, 1.82) is 0 Å². The van der Waals surface area contributed by atoms with Crippen molar-refractivity contribution in [2.45, 2.75) is 22.8 Å². The van der Waals surface area contributed by atoms with Crippen LogP contribution in [0.3, 0.4) is 0 Å². The summed E-state index contributed by atoms with van der Waals surface area (Å²) in [5.41, 5.74) is 12.8. The molecule has 0 saturated carbocycles. The molecule has 33 heavy (non-hydrogen) atoms. The summed E-state index contributed by atoms with van der Waals surface area (Å²) in [6.07, 6.45) is 0.161. The van der Waals surface area contributed by atoms with E-state index >= 15 is 0 Å². The van der Waals surface area contributed by atoms with Crippen molar-refractivity contribution in [2.24, 2.45) is 31.8 Å². The number of primary sulfonamides is 1. The Hall–Kier alpha value is -2.62. The van der Waals surface area contributed by atoms with Gasteiger partial charge in [0.25, 0.3) is 0 Å². The van der Waals surface area contributed by atoms with E-state index in [9.17, 15) is 16.8 Å². The van der Waals surface area contributed by atoms with Gasteiger partial charge in [-0.25, -0.2) is 32.0 Å². The van der Waals surface area contributed by atoms with E-state index in [1.54, 1.807) is 12.1 Å². The molecule has 3 aromatic rings. The Morgan fingerprint density at radius 2 is 1.85 bits per heavy atom. The number of aromatic nitrogens is 1. The van der Waals surface area contributed by atoms with Crippen LogP contribution < -0.4 is 16.6 Å². The van der Waals surface area contributed by atoms with Crippen molar-refractivity contribution in [3.8, 4) is 11.1 Å². The van der Waals surface area contributed by atoms with E-state index < -0.39 is 29.7 Å². The van der Waals surface area contributed by atoms with E-state index in [4.69, 9.17) is 16.6 Å². The number of nitrogens with zero attached hydrogens (tertiary/aromatic N) is 4. The smallest absolute Gasteiger partial charge is 0.240 e. The van der Waals surface area contributed by atoms with E-state index in [-0.39, 0.29) is 36.8 Å². The lowest BCUT2D eigenvalue weighted by atomic mass is 9.98. The lowest BCUT2D eigenvalue weighted by Gasteiger charge is -2.17. The van der Waals surface area contributed by atoms with Gasteiger partial charge in [-0.3, -0.25) is 0 Å². The van der Waals surface area contributed by atoms with Crippen molar-refractivity contribution in [3.63, 3.8) is 0 Å². The molecule has 0 fully saturated rings. The lowest BCUT2D eigenvalue weighted by Crippen LogP contribution is -2.23. The van der Waals surface area contributed by atoms with Crippen molar-refractivity contribution < 1.29 is 16.8 Å². The van der Waals surface area contributed by atoms with Crippen LogP contribution in [0, 0.1) is 0 Å². The third-order valence-electron chi connectivity index (χ3n) is 4.95. The Kier molecular flexibility index (Phi) is 6.39. The van der Waals surface area contributed by atoms with Gasteiger partial charge < -0.3 is 11.5 Å². The van der Waals surface area contributed by atoms with E-state index in [1.165, 1.54) is 23.5 Å². The van der Waals surface area contributed by atoms with Crippen molar-refractivity contribution in [1.82, 2.24) is 4.98 Å². The van der Waals surface area contributed by atoms with Crippen LogP contribution in [0.4, 0.5) is 0 Å². The molecule has 4 rings (SSSR count). The van der Waals surface area contributed by atoms with E-state index in [0.717, 1.165) is 9.71 Å². The highest BCUT2D eigenvalue weighted by molar-refractivity contribution is 7.93. The second kappa shape index (κ2) is 8.96. The fraction of sp³-hybridized carbons (Fsp3) is 0.263. The molecule has 11 nitrogen and oxygen atoms in total. The second-order valence-electron chi connectivity index (χ2n) is 7.18. The number of sulfonamides is 1. The monoisotopic (exact) mass is 507 g/mol. The molecule has 0 bridgehead atoms. The number of benzene rings is 2. The quantitative estimate of drug-likeness (QED) is 0.409. The minimum Gasteiger partial charge on any atom is -0.330 e. The number of hydrogen-bond acceptors (Lipinski definition) is 11. The predicted octanol–water partition coefficient (Wildman–Crippen LogP) is 1.36. The number of hydrogen-bond donors (Lipinski definition) is 3. The van der Waals surface area contributed by atoms with Gasteiger partial charge in [0.1, 0.15) is 9.90 Å². The van der Waals surface area contributed by atoms with Gasteiger partial charge in [-0.2, -0.15) is 5.11 Å². The number of nitrogens with two attached hydrogens (primary N) is 3. The first-order chi connectivity index (χ1) is 15.7. The van der Waals surface area contributed by atoms with Crippen LogP contribution in [0.1, 0.15) is 17.0 Å². The summed E-state index contributed by atoms with van der Waals surface area (Å²) in [4.78, 5) is 7.65. The van der Waals surface area contributed by atoms with E-state index in [1.807, 2.05) is 6.07 Å². The third-order valence-corrected chi connectivity index (χ3v) is 8.97. The molecule has 6 N–H and O–H groups in total. The molecule has 2 heterocycles. The van der Waals surface area contributed by atoms with Crippen LogP contribution in [0.2, 0.25) is 0 Å². The Morgan fingerprint density at radius 3 is 2.48 bits per heavy atom.